The van der Waals surface area contributed by atoms with E-state index in [1.165, 1.54) is 0 Å². The van der Waals surface area contributed by atoms with Gasteiger partial charge in [0.1, 0.15) is 5.69 Å². The minimum atomic E-state index is -0.972. The topological polar surface area (TPSA) is 70.9 Å². The van der Waals surface area contributed by atoms with Crippen molar-refractivity contribution in [2.24, 2.45) is 7.05 Å². The Morgan fingerprint density at radius 3 is 2.91 bits per heavy atom. The van der Waals surface area contributed by atoms with E-state index in [0.717, 1.165) is 32.9 Å². The minimum absolute atomic E-state index is 0.171. The molecule has 0 unspecified atom stereocenters. The summed E-state index contributed by atoms with van der Waals surface area (Å²) in [4.78, 5) is 18.2. The SMILES string of the molecule is Cn1ccc2cc(-c3cncc4[nH]c(C(=O)O)cc34)ccc21. The maximum atomic E-state index is 11.1. The number of carboxylic acid groups (broad SMARTS) is 1. The number of fused-ring (bicyclic) bond motifs is 2. The van der Waals surface area contributed by atoms with E-state index in [-0.39, 0.29) is 5.69 Å². The van der Waals surface area contributed by atoms with Crippen molar-refractivity contribution in [3.63, 3.8) is 0 Å². The van der Waals surface area contributed by atoms with Crippen LogP contribution >= 0.6 is 0 Å². The Kier molecular flexibility index (Phi) is 2.56. The largest absolute Gasteiger partial charge is 0.477 e. The maximum Gasteiger partial charge on any atom is 0.352 e. The summed E-state index contributed by atoms with van der Waals surface area (Å²) in [7, 11) is 2.01. The lowest BCUT2D eigenvalue weighted by Gasteiger charge is -2.04. The van der Waals surface area contributed by atoms with Gasteiger partial charge in [0.25, 0.3) is 0 Å². The van der Waals surface area contributed by atoms with Crippen molar-refractivity contribution in [2.45, 2.75) is 0 Å². The fourth-order valence-electron chi connectivity index (χ4n) is 2.85. The zero-order valence-electron chi connectivity index (χ0n) is 11.9. The average Bonchev–Trinajstić information content (AvgIpc) is 3.11. The molecule has 0 aliphatic carbocycles. The van der Waals surface area contributed by atoms with Crippen LogP contribution in [0.25, 0.3) is 32.9 Å². The molecule has 0 spiro atoms. The Balaban J connectivity index is 1.96. The molecule has 0 fully saturated rings. The van der Waals surface area contributed by atoms with E-state index in [1.54, 1.807) is 18.5 Å². The molecule has 1 aromatic carbocycles. The van der Waals surface area contributed by atoms with Gasteiger partial charge in [0, 0.05) is 41.3 Å². The van der Waals surface area contributed by atoms with Crippen molar-refractivity contribution in [1.82, 2.24) is 14.5 Å². The molecule has 3 heterocycles. The third kappa shape index (κ3) is 1.79. The molecule has 0 bridgehead atoms. The summed E-state index contributed by atoms with van der Waals surface area (Å²) >= 11 is 0. The molecular formula is C17H13N3O2. The minimum Gasteiger partial charge on any atom is -0.477 e. The molecule has 3 aromatic heterocycles. The van der Waals surface area contributed by atoms with E-state index in [9.17, 15) is 4.79 Å². The quantitative estimate of drug-likeness (QED) is 0.594. The Labute approximate surface area is 125 Å². The Bertz CT molecular complexity index is 1030. The molecule has 0 aliphatic rings. The Morgan fingerprint density at radius 1 is 1.23 bits per heavy atom. The Hall–Kier alpha value is -3.08. The van der Waals surface area contributed by atoms with Crippen LogP contribution in [0.15, 0.2) is 48.9 Å². The lowest BCUT2D eigenvalue weighted by Crippen LogP contribution is -1.94. The number of hydrogen-bond donors (Lipinski definition) is 2. The molecule has 22 heavy (non-hydrogen) atoms. The van der Waals surface area contributed by atoms with Crippen LogP contribution in [0.5, 0.6) is 0 Å². The van der Waals surface area contributed by atoms with Gasteiger partial charge in [0.2, 0.25) is 0 Å². The number of aromatic nitrogens is 3. The number of nitrogens with zero attached hydrogens (tertiary/aromatic N) is 2. The first kappa shape index (κ1) is 12.6. The summed E-state index contributed by atoms with van der Waals surface area (Å²) in [5.41, 5.74) is 4.00. The van der Waals surface area contributed by atoms with Gasteiger partial charge < -0.3 is 14.7 Å². The number of nitrogens with one attached hydrogen (secondary N) is 1. The lowest BCUT2D eigenvalue weighted by atomic mass is 10.0. The second-order valence-corrected chi connectivity index (χ2v) is 5.34. The standard InChI is InChI=1S/C17H13N3O2/c1-20-5-4-11-6-10(2-3-16(11)20)13-8-18-9-15-12(13)7-14(19-15)17(21)22/h2-9,19H,1H3,(H,21,22). The van der Waals surface area contributed by atoms with Gasteiger partial charge in [0.15, 0.2) is 0 Å². The fourth-order valence-corrected chi connectivity index (χ4v) is 2.85. The van der Waals surface area contributed by atoms with Crippen LogP contribution in [0, 0.1) is 0 Å². The number of rotatable bonds is 2. The third-order valence-corrected chi connectivity index (χ3v) is 3.97. The van der Waals surface area contributed by atoms with Crippen LogP contribution in [0.4, 0.5) is 0 Å². The van der Waals surface area contributed by atoms with Gasteiger partial charge in [-0.05, 0) is 29.8 Å². The smallest absolute Gasteiger partial charge is 0.352 e. The number of benzene rings is 1. The van der Waals surface area contributed by atoms with Crippen LogP contribution in [-0.4, -0.2) is 25.6 Å². The predicted octanol–water partition coefficient (Wildman–Crippen LogP) is 3.42. The first-order valence-electron chi connectivity index (χ1n) is 6.89. The van der Waals surface area contributed by atoms with Crippen LogP contribution in [-0.2, 0) is 7.05 Å². The summed E-state index contributed by atoms with van der Waals surface area (Å²) in [5, 5.41) is 11.1. The molecule has 0 radical (unpaired) electrons. The predicted molar refractivity (Wildman–Crippen MR) is 85.0 cm³/mol. The van der Waals surface area contributed by atoms with Crippen LogP contribution < -0.4 is 0 Å². The summed E-state index contributed by atoms with van der Waals surface area (Å²) in [5.74, 6) is -0.972. The molecule has 4 rings (SSSR count). The zero-order chi connectivity index (χ0) is 15.3. The van der Waals surface area contributed by atoms with Gasteiger partial charge in [-0.25, -0.2) is 4.79 Å². The summed E-state index contributed by atoms with van der Waals surface area (Å²) in [6.45, 7) is 0. The molecule has 0 saturated carbocycles. The monoisotopic (exact) mass is 291 g/mol. The number of carboxylic acids is 1. The van der Waals surface area contributed by atoms with E-state index in [2.05, 4.69) is 32.7 Å². The van der Waals surface area contributed by atoms with E-state index >= 15 is 0 Å². The molecule has 4 aromatic rings. The highest BCUT2D eigenvalue weighted by Crippen LogP contribution is 2.30. The van der Waals surface area contributed by atoms with E-state index in [1.807, 2.05) is 19.3 Å². The molecule has 0 aliphatic heterocycles. The number of H-pyrrole nitrogens is 1. The van der Waals surface area contributed by atoms with E-state index in [0.29, 0.717) is 0 Å². The van der Waals surface area contributed by atoms with Crippen molar-refractivity contribution in [3.05, 3.63) is 54.6 Å². The normalized spacial score (nSPS) is 11.3. The van der Waals surface area contributed by atoms with Gasteiger partial charge >= 0.3 is 5.97 Å². The van der Waals surface area contributed by atoms with E-state index < -0.39 is 5.97 Å². The number of aryl methyl sites for hydroxylation is 1. The average molecular weight is 291 g/mol. The molecule has 5 nitrogen and oxygen atoms in total. The first-order chi connectivity index (χ1) is 10.6. The molecule has 0 saturated heterocycles. The van der Waals surface area contributed by atoms with Crippen LogP contribution in [0.3, 0.4) is 0 Å². The third-order valence-electron chi connectivity index (χ3n) is 3.97. The van der Waals surface area contributed by atoms with Gasteiger partial charge in [-0.15, -0.1) is 0 Å². The molecule has 0 amide bonds. The van der Waals surface area contributed by atoms with Crippen LogP contribution in [0.1, 0.15) is 10.5 Å². The highest BCUT2D eigenvalue weighted by atomic mass is 16.4. The lowest BCUT2D eigenvalue weighted by molar-refractivity contribution is 0.0691. The number of carbonyl (C=O) groups is 1. The second-order valence-electron chi connectivity index (χ2n) is 5.34. The van der Waals surface area contributed by atoms with Crippen molar-refractivity contribution in [2.75, 3.05) is 0 Å². The van der Waals surface area contributed by atoms with Gasteiger partial charge in [-0.3, -0.25) is 4.98 Å². The zero-order valence-corrected chi connectivity index (χ0v) is 11.9. The second kappa shape index (κ2) is 4.46. The molecule has 108 valence electrons. The van der Waals surface area contributed by atoms with Crippen molar-refractivity contribution in [1.29, 1.82) is 0 Å². The van der Waals surface area contributed by atoms with Gasteiger partial charge in [-0.1, -0.05) is 6.07 Å². The Morgan fingerprint density at radius 2 is 2.09 bits per heavy atom. The number of aromatic amines is 1. The maximum absolute atomic E-state index is 11.1. The fraction of sp³-hybridized carbons (Fsp3) is 0.0588. The number of hydrogen-bond acceptors (Lipinski definition) is 2. The van der Waals surface area contributed by atoms with Crippen LogP contribution in [0.2, 0.25) is 0 Å². The van der Waals surface area contributed by atoms with Crippen molar-refractivity contribution in [3.8, 4) is 11.1 Å². The number of aromatic carboxylic acids is 1. The highest BCUT2D eigenvalue weighted by Gasteiger charge is 2.12. The van der Waals surface area contributed by atoms with Crippen molar-refractivity contribution < 1.29 is 9.90 Å². The van der Waals surface area contributed by atoms with Crippen molar-refractivity contribution >= 4 is 27.8 Å². The van der Waals surface area contributed by atoms with Gasteiger partial charge in [0.05, 0.1) is 11.7 Å². The van der Waals surface area contributed by atoms with E-state index in [4.69, 9.17) is 5.11 Å². The summed E-state index contributed by atoms with van der Waals surface area (Å²) in [6, 6.07) is 9.91. The molecule has 0 atom stereocenters. The molecule has 2 N–H and O–H groups in total. The highest BCUT2D eigenvalue weighted by molar-refractivity contribution is 6.01. The number of pyridine rings is 1. The molecule has 5 heteroatoms. The molecular weight excluding hydrogens is 278 g/mol. The summed E-state index contributed by atoms with van der Waals surface area (Å²) < 4.78 is 2.07. The van der Waals surface area contributed by atoms with Gasteiger partial charge in [-0.2, -0.15) is 0 Å². The summed E-state index contributed by atoms with van der Waals surface area (Å²) in [6.07, 6.45) is 5.43. The first-order valence-corrected chi connectivity index (χ1v) is 6.89.